The molecule has 0 saturated carbocycles. The summed E-state index contributed by atoms with van der Waals surface area (Å²) in [6, 6.07) is 5.27. The molecule has 5 N–H and O–H groups in total. The van der Waals surface area contributed by atoms with Crippen molar-refractivity contribution in [3.63, 3.8) is 0 Å². The Labute approximate surface area is 201 Å². The van der Waals surface area contributed by atoms with E-state index in [-0.39, 0.29) is 18.2 Å². The fourth-order valence-corrected chi connectivity index (χ4v) is 5.15. The third-order valence-corrected chi connectivity index (χ3v) is 7.14. The topological polar surface area (TPSA) is 98.2 Å². The first-order valence-electron chi connectivity index (χ1n) is 13.5. The highest BCUT2D eigenvalue weighted by Gasteiger charge is 2.47. The van der Waals surface area contributed by atoms with Gasteiger partial charge in [0, 0.05) is 17.8 Å². The quantitative estimate of drug-likeness (QED) is 0.128. The normalized spacial score (nSPS) is 18.1. The number of carbonyl (C=O) groups excluding carboxylic acids is 2. The fourth-order valence-electron chi connectivity index (χ4n) is 5.15. The molecule has 1 aromatic carbocycles. The number of amides is 2. The van der Waals surface area contributed by atoms with E-state index in [4.69, 9.17) is 11.5 Å². The van der Waals surface area contributed by atoms with Crippen LogP contribution in [0.3, 0.4) is 0 Å². The smallest absolute Gasteiger partial charge is 0.237 e. The van der Waals surface area contributed by atoms with Crippen LogP contribution in [-0.4, -0.2) is 11.8 Å². The van der Waals surface area contributed by atoms with E-state index in [0.29, 0.717) is 17.8 Å². The lowest BCUT2D eigenvalue weighted by molar-refractivity contribution is -0.126. The first-order valence-corrected chi connectivity index (χ1v) is 13.5. The summed E-state index contributed by atoms with van der Waals surface area (Å²) in [6.07, 6.45) is 21.9. The lowest BCUT2D eigenvalue weighted by atomic mass is 9.74. The molecular formula is C28H47N3O2. The van der Waals surface area contributed by atoms with Crippen molar-refractivity contribution in [2.24, 2.45) is 0 Å². The van der Waals surface area contributed by atoms with Crippen LogP contribution in [0, 0.1) is 0 Å². The van der Waals surface area contributed by atoms with Gasteiger partial charge in [-0.05, 0) is 30.2 Å². The summed E-state index contributed by atoms with van der Waals surface area (Å²) < 4.78 is 0. The second-order valence-electron chi connectivity index (χ2n) is 10.1. The molecule has 1 heterocycles. The van der Waals surface area contributed by atoms with Crippen molar-refractivity contribution in [2.45, 2.75) is 128 Å². The molecule has 1 aromatic rings. The second kappa shape index (κ2) is 15.0. The molecule has 1 aliphatic heterocycles. The molecule has 1 atom stereocenters. The van der Waals surface area contributed by atoms with Crippen molar-refractivity contribution in [2.75, 3.05) is 11.5 Å². The van der Waals surface area contributed by atoms with Crippen LogP contribution in [0.4, 0.5) is 11.4 Å². The van der Waals surface area contributed by atoms with E-state index in [1.165, 1.54) is 89.9 Å². The summed E-state index contributed by atoms with van der Waals surface area (Å²) in [5, 5.41) is 2.49. The molecule has 1 unspecified atom stereocenters. The van der Waals surface area contributed by atoms with Gasteiger partial charge in [0.2, 0.25) is 11.8 Å². The Morgan fingerprint density at radius 2 is 1.12 bits per heavy atom. The number of imide groups is 1. The first kappa shape index (κ1) is 27.2. The minimum absolute atomic E-state index is 0.188. The summed E-state index contributed by atoms with van der Waals surface area (Å²) in [6.45, 7) is 2.27. The summed E-state index contributed by atoms with van der Waals surface area (Å²) in [5.41, 5.74) is 12.9. The van der Waals surface area contributed by atoms with Crippen LogP contribution in [0.5, 0.6) is 0 Å². The van der Waals surface area contributed by atoms with Gasteiger partial charge in [0.15, 0.2) is 0 Å². The van der Waals surface area contributed by atoms with Gasteiger partial charge >= 0.3 is 0 Å². The van der Waals surface area contributed by atoms with Crippen molar-refractivity contribution in [1.29, 1.82) is 0 Å². The van der Waals surface area contributed by atoms with Crippen LogP contribution >= 0.6 is 0 Å². The van der Waals surface area contributed by atoms with Gasteiger partial charge in [0.05, 0.1) is 5.41 Å². The van der Waals surface area contributed by atoms with Crippen LogP contribution in [-0.2, 0) is 15.0 Å². The zero-order chi connectivity index (χ0) is 23.9. The lowest BCUT2D eigenvalue weighted by Gasteiger charge is -2.26. The highest BCUT2D eigenvalue weighted by molar-refractivity contribution is 6.09. The molecule has 1 fully saturated rings. The number of anilines is 2. The molecule has 0 bridgehead atoms. The maximum Gasteiger partial charge on any atom is 0.237 e. The van der Waals surface area contributed by atoms with Gasteiger partial charge in [0.25, 0.3) is 0 Å². The highest BCUT2D eigenvalue weighted by Crippen LogP contribution is 2.39. The number of hydrogen-bond acceptors (Lipinski definition) is 4. The van der Waals surface area contributed by atoms with Gasteiger partial charge in [-0.15, -0.1) is 0 Å². The summed E-state index contributed by atoms with van der Waals surface area (Å²) >= 11 is 0. The SMILES string of the molecule is CCCCCCCCCCCCCCCCCCC1(c2cc(N)cc(N)c2)CC(=O)NC1=O. The first-order chi connectivity index (χ1) is 16.0. The van der Waals surface area contributed by atoms with Gasteiger partial charge < -0.3 is 11.5 Å². The fraction of sp³-hybridized carbons (Fsp3) is 0.714. The number of nitrogens with one attached hydrogen (secondary N) is 1. The van der Waals surface area contributed by atoms with Gasteiger partial charge in [-0.2, -0.15) is 0 Å². The number of nitrogens with two attached hydrogens (primary N) is 2. The minimum Gasteiger partial charge on any atom is -0.399 e. The monoisotopic (exact) mass is 457 g/mol. The molecule has 33 heavy (non-hydrogen) atoms. The average molecular weight is 458 g/mol. The summed E-state index contributed by atoms with van der Waals surface area (Å²) in [7, 11) is 0. The number of unbranched alkanes of at least 4 members (excludes halogenated alkanes) is 15. The van der Waals surface area contributed by atoms with Crippen molar-refractivity contribution < 1.29 is 9.59 Å². The Hall–Kier alpha value is -2.04. The third-order valence-electron chi connectivity index (χ3n) is 7.14. The van der Waals surface area contributed by atoms with Gasteiger partial charge in [-0.25, -0.2) is 0 Å². The maximum atomic E-state index is 12.7. The largest absolute Gasteiger partial charge is 0.399 e. The lowest BCUT2D eigenvalue weighted by Crippen LogP contribution is -2.35. The van der Waals surface area contributed by atoms with Crippen LogP contribution in [0.1, 0.15) is 128 Å². The molecule has 2 rings (SSSR count). The molecule has 0 radical (unpaired) electrons. The van der Waals surface area contributed by atoms with E-state index < -0.39 is 5.41 Å². The van der Waals surface area contributed by atoms with Gasteiger partial charge in [-0.3, -0.25) is 14.9 Å². The van der Waals surface area contributed by atoms with Crippen LogP contribution < -0.4 is 16.8 Å². The summed E-state index contributed by atoms with van der Waals surface area (Å²) in [5.74, 6) is -0.420. The standard InChI is InChI=1S/C28H47N3O2/c1-2-3-4-5-6-7-8-9-10-11-12-13-14-15-16-17-18-28(22-26(32)31-27(28)33)23-19-24(29)21-25(30)20-23/h19-21H,2-18,22,29-30H2,1H3,(H,31,32,33). The van der Waals surface area contributed by atoms with Crippen molar-refractivity contribution >= 4 is 23.2 Å². The summed E-state index contributed by atoms with van der Waals surface area (Å²) in [4.78, 5) is 24.7. The molecule has 5 heteroatoms. The Bertz CT molecular complexity index is 714. The Balaban J connectivity index is 1.57. The van der Waals surface area contributed by atoms with Crippen LogP contribution in [0.25, 0.3) is 0 Å². The molecule has 5 nitrogen and oxygen atoms in total. The number of nitrogen functional groups attached to an aromatic ring is 2. The molecular weight excluding hydrogens is 410 g/mol. The molecule has 0 aromatic heterocycles. The number of rotatable bonds is 18. The van der Waals surface area contributed by atoms with Crippen LogP contribution in [0.2, 0.25) is 0 Å². The van der Waals surface area contributed by atoms with E-state index >= 15 is 0 Å². The molecule has 2 amide bonds. The van der Waals surface area contributed by atoms with Crippen molar-refractivity contribution in [3.8, 4) is 0 Å². The molecule has 0 spiro atoms. The van der Waals surface area contributed by atoms with Gasteiger partial charge in [-0.1, -0.05) is 110 Å². The Kier molecular flexibility index (Phi) is 12.3. The van der Waals surface area contributed by atoms with Crippen LogP contribution in [0.15, 0.2) is 18.2 Å². The van der Waals surface area contributed by atoms with Gasteiger partial charge in [0.1, 0.15) is 0 Å². The Morgan fingerprint density at radius 1 is 0.697 bits per heavy atom. The average Bonchev–Trinajstić information content (AvgIpc) is 3.06. The van der Waals surface area contributed by atoms with E-state index in [1.807, 2.05) is 0 Å². The van der Waals surface area contributed by atoms with E-state index in [0.717, 1.165) is 18.4 Å². The van der Waals surface area contributed by atoms with E-state index in [1.54, 1.807) is 18.2 Å². The highest BCUT2D eigenvalue weighted by atomic mass is 16.2. The molecule has 1 aliphatic rings. The minimum atomic E-state index is -0.823. The molecule has 0 aliphatic carbocycles. The van der Waals surface area contributed by atoms with E-state index in [2.05, 4.69) is 12.2 Å². The number of hydrogen-bond donors (Lipinski definition) is 3. The molecule has 186 valence electrons. The third kappa shape index (κ3) is 9.38. The Morgan fingerprint density at radius 3 is 1.52 bits per heavy atom. The maximum absolute atomic E-state index is 12.7. The predicted octanol–water partition coefficient (Wildman–Crippen LogP) is 6.79. The van der Waals surface area contributed by atoms with Crippen molar-refractivity contribution in [1.82, 2.24) is 5.32 Å². The number of benzene rings is 1. The van der Waals surface area contributed by atoms with Crippen molar-refractivity contribution in [3.05, 3.63) is 23.8 Å². The second-order valence-corrected chi connectivity index (χ2v) is 10.1. The van der Waals surface area contributed by atoms with E-state index in [9.17, 15) is 9.59 Å². The number of carbonyl (C=O) groups is 2. The zero-order valence-corrected chi connectivity index (χ0v) is 20.9. The predicted molar refractivity (Wildman–Crippen MR) is 139 cm³/mol. The zero-order valence-electron chi connectivity index (χ0n) is 20.9. The molecule has 1 saturated heterocycles.